The van der Waals surface area contributed by atoms with Crippen LogP contribution in [0.5, 0.6) is 0 Å². The standard InChI is InChI=1S/C23H32N8O3S/c1-15-7-11-30(19(32)6-10-25)13-18(15)29(2)20-16-8-12-31(21(16)27-14-26-20)23(35)28-17(22(33)34)5-3-4-9-24/h8,12,14-15,17-18H,3-7,9,11,13,24H2,1-2H3,(H,28,35)(H,33,34)/t15-,17?,18+/m1/s1. The number of carbonyl (C=O) groups is 2. The second kappa shape index (κ2) is 11.9. The molecule has 1 aliphatic rings. The van der Waals surface area contributed by atoms with E-state index in [0.717, 1.165) is 18.2 Å². The van der Waals surface area contributed by atoms with E-state index in [9.17, 15) is 14.7 Å². The first-order valence-electron chi connectivity index (χ1n) is 11.7. The molecule has 12 heteroatoms. The lowest BCUT2D eigenvalue weighted by Gasteiger charge is -2.42. The topological polar surface area (TPSA) is 153 Å². The van der Waals surface area contributed by atoms with Gasteiger partial charge in [-0.2, -0.15) is 5.26 Å². The van der Waals surface area contributed by atoms with Crippen molar-refractivity contribution < 1.29 is 14.7 Å². The Bertz CT molecular complexity index is 1110. The molecule has 11 nitrogen and oxygen atoms in total. The molecule has 188 valence electrons. The molecule has 0 spiro atoms. The van der Waals surface area contributed by atoms with E-state index < -0.39 is 12.0 Å². The first-order chi connectivity index (χ1) is 16.8. The minimum atomic E-state index is -0.974. The number of rotatable bonds is 9. The second-order valence-corrected chi connectivity index (χ2v) is 9.25. The highest BCUT2D eigenvalue weighted by atomic mass is 32.1. The van der Waals surface area contributed by atoms with Gasteiger partial charge in [-0.05, 0) is 56.4 Å². The zero-order valence-electron chi connectivity index (χ0n) is 20.1. The van der Waals surface area contributed by atoms with Gasteiger partial charge in [0.25, 0.3) is 0 Å². The SMILES string of the molecule is C[C@@H]1CCN(C(=O)CC#N)C[C@@H]1N(C)c1ncnc2c1ccn2C(=S)NC(CCCCN)C(=O)O. The molecule has 0 saturated carbocycles. The largest absolute Gasteiger partial charge is 0.480 e. The Morgan fingerprint density at radius 2 is 2.20 bits per heavy atom. The molecule has 0 aliphatic carbocycles. The van der Waals surface area contributed by atoms with Crippen LogP contribution in [0.3, 0.4) is 0 Å². The summed E-state index contributed by atoms with van der Waals surface area (Å²) in [6.45, 7) is 3.80. The van der Waals surface area contributed by atoms with Gasteiger partial charge in [0.1, 0.15) is 24.6 Å². The van der Waals surface area contributed by atoms with Crippen molar-refractivity contribution in [3.63, 3.8) is 0 Å². The number of carbonyl (C=O) groups excluding carboxylic acids is 1. The molecule has 1 saturated heterocycles. The average molecular weight is 501 g/mol. The van der Waals surface area contributed by atoms with Crippen molar-refractivity contribution in [2.45, 2.75) is 51.1 Å². The number of likely N-dealkylation sites (N-methyl/N-ethyl adjacent to an activating group) is 1. The lowest BCUT2D eigenvalue weighted by atomic mass is 9.92. The summed E-state index contributed by atoms with van der Waals surface area (Å²) in [4.78, 5) is 36.7. The van der Waals surface area contributed by atoms with Gasteiger partial charge in [-0.25, -0.2) is 14.8 Å². The fourth-order valence-corrected chi connectivity index (χ4v) is 4.76. The quantitative estimate of drug-likeness (QED) is 0.339. The highest BCUT2D eigenvalue weighted by molar-refractivity contribution is 7.80. The van der Waals surface area contributed by atoms with E-state index in [4.69, 9.17) is 23.2 Å². The lowest BCUT2D eigenvalue weighted by molar-refractivity contribution is -0.139. The Labute approximate surface area is 209 Å². The van der Waals surface area contributed by atoms with E-state index >= 15 is 0 Å². The van der Waals surface area contributed by atoms with Gasteiger partial charge in [0.15, 0.2) is 10.8 Å². The predicted octanol–water partition coefficient (Wildman–Crippen LogP) is 1.32. The molecular weight excluding hydrogens is 468 g/mol. The van der Waals surface area contributed by atoms with E-state index in [1.165, 1.54) is 6.33 Å². The number of carboxylic acid groups (broad SMARTS) is 1. The zero-order valence-corrected chi connectivity index (χ0v) is 20.9. The third kappa shape index (κ3) is 6.04. The molecule has 0 bridgehead atoms. The summed E-state index contributed by atoms with van der Waals surface area (Å²) in [7, 11) is 1.94. The summed E-state index contributed by atoms with van der Waals surface area (Å²) < 4.78 is 1.65. The van der Waals surface area contributed by atoms with Crippen molar-refractivity contribution in [1.82, 2.24) is 24.8 Å². The minimum Gasteiger partial charge on any atom is -0.480 e. The van der Waals surface area contributed by atoms with Crippen LogP contribution in [-0.4, -0.2) is 80.3 Å². The molecule has 35 heavy (non-hydrogen) atoms. The number of nitriles is 1. The average Bonchev–Trinajstić information content (AvgIpc) is 3.28. The summed E-state index contributed by atoms with van der Waals surface area (Å²) in [6, 6.07) is 2.98. The van der Waals surface area contributed by atoms with Gasteiger partial charge >= 0.3 is 5.97 Å². The number of aliphatic carboxylic acids is 1. The van der Waals surface area contributed by atoms with Crippen LogP contribution in [0.15, 0.2) is 18.6 Å². The van der Waals surface area contributed by atoms with Crippen LogP contribution in [0.1, 0.15) is 39.0 Å². The van der Waals surface area contributed by atoms with Gasteiger partial charge in [0.2, 0.25) is 5.91 Å². The van der Waals surface area contributed by atoms with E-state index in [0.29, 0.717) is 49.9 Å². The van der Waals surface area contributed by atoms with Gasteiger partial charge in [0, 0.05) is 26.3 Å². The number of hydrogen-bond acceptors (Lipinski definition) is 8. The highest BCUT2D eigenvalue weighted by Gasteiger charge is 2.33. The Balaban J connectivity index is 1.82. The number of amides is 1. The summed E-state index contributed by atoms with van der Waals surface area (Å²) in [5.74, 6) is -0.128. The summed E-state index contributed by atoms with van der Waals surface area (Å²) in [5, 5.41) is 22.4. The number of fused-ring (bicyclic) bond motifs is 1. The monoisotopic (exact) mass is 500 g/mol. The number of aromatic nitrogens is 3. The molecular formula is C23H32N8O3S. The van der Waals surface area contributed by atoms with Gasteiger partial charge < -0.3 is 26.0 Å². The maximum atomic E-state index is 12.3. The molecule has 4 N–H and O–H groups in total. The van der Waals surface area contributed by atoms with E-state index in [1.807, 2.05) is 24.1 Å². The van der Waals surface area contributed by atoms with Crippen LogP contribution >= 0.6 is 12.2 Å². The van der Waals surface area contributed by atoms with Gasteiger partial charge in [0.05, 0.1) is 17.5 Å². The van der Waals surface area contributed by atoms with Crippen LogP contribution in [0.2, 0.25) is 0 Å². The van der Waals surface area contributed by atoms with Crippen molar-refractivity contribution in [2.75, 3.05) is 31.6 Å². The molecule has 1 amide bonds. The first-order valence-corrected chi connectivity index (χ1v) is 12.1. The van der Waals surface area contributed by atoms with Gasteiger partial charge in [-0.1, -0.05) is 6.92 Å². The van der Waals surface area contributed by atoms with Crippen molar-refractivity contribution in [3.05, 3.63) is 18.6 Å². The van der Waals surface area contributed by atoms with Crippen LogP contribution < -0.4 is 16.0 Å². The normalized spacial score (nSPS) is 18.6. The molecule has 1 aliphatic heterocycles. The minimum absolute atomic E-state index is 0.0110. The van der Waals surface area contributed by atoms with Crippen LogP contribution in [-0.2, 0) is 9.59 Å². The number of nitrogens with two attached hydrogens (primary N) is 1. The van der Waals surface area contributed by atoms with E-state index in [2.05, 4.69) is 22.2 Å². The number of hydrogen-bond donors (Lipinski definition) is 3. The maximum absolute atomic E-state index is 12.3. The third-order valence-corrected chi connectivity index (χ3v) is 6.87. The summed E-state index contributed by atoms with van der Waals surface area (Å²) >= 11 is 5.52. The number of unbranched alkanes of at least 4 members (excludes halogenated alkanes) is 1. The lowest BCUT2D eigenvalue weighted by Crippen LogP contribution is -2.52. The zero-order chi connectivity index (χ0) is 25.5. The number of anilines is 1. The number of nitrogens with one attached hydrogen (secondary N) is 1. The van der Waals surface area contributed by atoms with Crippen molar-refractivity contribution >= 4 is 46.1 Å². The molecule has 0 radical (unpaired) electrons. The highest BCUT2D eigenvalue weighted by Crippen LogP contribution is 2.29. The molecule has 2 aromatic heterocycles. The van der Waals surface area contributed by atoms with Crippen molar-refractivity contribution in [2.24, 2.45) is 11.7 Å². The van der Waals surface area contributed by atoms with Crippen molar-refractivity contribution in [1.29, 1.82) is 5.26 Å². The number of nitrogens with zero attached hydrogens (tertiary/aromatic N) is 6. The third-order valence-electron chi connectivity index (χ3n) is 6.56. The van der Waals surface area contributed by atoms with E-state index in [1.54, 1.807) is 15.7 Å². The van der Waals surface area contributed by atoms with Crippen LogP contribution in [0.4, 0.5) is 5.82 Å². The van der Waals surface area contributed by atoms with Crippen LogP contribution in [0.25, 0.3) is 11.0 Å². The fourth-order valence-electron chi connectivity index (χ4n) is 4.47. The molecule has 0 aromatic carbocycles. The number of piperidine rings is 1. The molecule has 3 atom stereocenters. The van der Waals surface area contributed by atoms with Gasteiger partial charge in [-0.15, -0.1) is 0 Å². The fraction of sp³-hybridized carbons (Fsp3) is 0.565. The number of thiocarbonyl (C=S) groups is 1. The van der Waals surface area contributed by atoms with E-state index in [-0.39, 0.29) is 23.5 Å². The maximum Gasteiger partial charge on any atom is 0.326 e. The molecule has 2 aromatic rings. The Morgan fingerprint density at radius 3 is 2.89 bits per heavy atom. The Morgan fingerprint density at radius 1 is 1.43 bits per heavy atom. The Hall–Kier alpha value is -3.30. The smallest absolute Gasteiger partial charge is 0.326 e. The molecule has 1 fully saturated rings. The molecule has 3 heterocycles. The molecule has 3 rings (SSSR count). The summed E-state index contributed by atoms with van der Waals surface area (Å²) in [5.41, 5.74) is 6.08. The first kappa shape index (κ1) is 26.3. The summed E-state index contributed by atoms with van der Waals surface area (Å²) in [6.07, 6.45) is 5.74. The van der Waals surface area contributed by atoms with Gasteiger partial charge in [-0.3, -0.25) is 9.36 Å². The number of likely N-dealkylation sites (tertiary alicyclic amines) is 1. The van der Waals surface area contributed by atoms with Crippen molar-refractivity contribution in [3.8, 4) is 6.07 Å². The number of carboxylic acids is 1. The molecule has 1 unspecified atom stereocenters. The second-order valence-electron chi connectivity index (χ2n) is 8.86. The Kier molecular flexibility index (Phi) is 8.95. The van der Waals surface area contributed by atoms with Crippen LogP contribution in [0, 0.1) is 17.2 Å². The predicted molar refractivity (Wildman–Crippen MR) is 136 cm³/mol.